The van der Waals surface area contributed by atoms with Crippen LogP contribution in [0.15, 0.2) is 185 Å². The van der Waals surface area contributed by atoms with Gasteiger partial charge in [0.15, 0.2) is 52.0 Å². The number of hydrogen-bond acceptors (Lipinski definition) is 22. The summed E-state index contributed by atoms with van der Waals surface area (Å²) in [6.45, 7) is 9.25. The molecule has 578 valence electrons. The van der Waals surface area contributed by atoms with Crippen LogP contribution in [0.2, 0.25) is 0 Å². The van der Waals surface area contributed by atoms with E-state index in [0.29, 0.717) is 109 Å². The molecule has 9 unspecified atom stereocenters. The van der Waals surface area contributed by atoms with Crippen LogP contribution in [0.1, 0.15) is 135 Å². The molecule has 7 aromatic carbocycles. The van der Waals surface area contributed by atoms with Crippen LogP contribution in [0, 0.1) is 12.8 Å². The van der Waals surface area contributed by atoms with Gasteiger partial charge in [0.05, 0.1) is 66.7 Å². The molecule has 0 bridgehead atoms. The average molecular weight is 1520 g/mol. The summed E-state index contributed by atoms with van der Waals surface area (Å²) < 4.78 is 51.2. The predicted molar refractivity (Wildman–Crippen MR) is 417 cm³/mol. The number of anilines is 6. The summed E-state index contributed by atoms with van der Waals surface area (Å²) in [4.78, 5) is 75.8. The average Bonchev–Trinajstić information content (AvgIpc) is 1.42. The van der Waals surface area contributed by atoms with Crippen molar-refractivity contribution < 1.29 is 62.8 Å². The molecular formula is C85H87N11O16. The van der Waals surface area contributed by atoms with E-state index in [1.54, 1.807) is 12.4 Å². The molecule has 8 N–H and O–H groups in total. The number of aryl methyl sites for hydroxylation is 3. The Morgan fingerprint density at radius 2 is 0.839 bits per heavy atom. The van der Waals surface area contributed by atoms with Crippen molar-refractivity contribution in [1.82, 2.24) is 39.3 Å². The highest BCUT2D eigenvalue weighted by Gasteiger charge is 2.39. The third-order valence-corrected chi connectivity index (χ3v) is 21.9. The van der Waals surface area contributed by atoms with Crippen molar-refractivity contribution in [2.45, 2.75) is 147 Å². The van der Waals surface area contributed by atoms with Crippen molar-refractivity contribution in [3.8, 4) is 56.8 Å². The number of rotatable bonds is 18. The molecule has 10 aromatic rings. The summed E-state index contributed by atoms with van der Waals surface area (Å²) in [5.74, 6) is 4.70. The standard InChI is InChI=1S/C35H36N4O5.C34H34N4O6.C16H17N3O5/c1-3-28-21(2)18-31(44-28)39-19-30-33(38-34(39)40)37-32-22(10-8-16-29(32)43-30)11-9-17-36-35(41)42-20-27-25-14-6-4-12-23(25)24-13-5-7-15-26(24)27;1-2-27-26(39)17-30(44-27)38-18-29-32(37-33(38)40)36-31-20(9-7-15-28(31)43-29)10-8-16-35-34(41)42-19-25-23-13-5-3-11-21(23)22-12-4-6-14-24(22)25;1-8-3-2-4-10-14(8)17-15-11(23-10)6-19(16(22)18-15)13-5-9(21)12(7-20)24-13/h4-8,10,12-16,19,21,27-28,31H,3,9,11,17-18,20H2,1-2H3,(H,36,41)(H,37,38,40);3-7,9,11-15,18,25-27,30,39H,2,8,10,16-17,19H2,1H3,(H,35,41)(H,36,37,40);2-4,6,9,12-13,20-21H,5,7H2,1H3,(H,17,18,22). The van der Waals surface area contributed by atoms with Gasteiger partial charge in [-0.15, -0.1) is 0 Å². The summed E-state index contributed by atoms with van der Waals surface area (Å²) in [6, 6.07) is 50.3. The molecule has 3 aromatic heterocycles. The second-order valence-electron chi connectivity index (χ2n) is 29.1. The lowest BCUT2D eigenvalue weighted by Crippen LogP contribution is -2.29. The Bertz CT molecular complexity index is 5050. The van der Waals surface area contributed by atoms with E-state index in [0.717, 1.165) is 46.6 Å². The molecule has 0 spiro atoms. The van der Waals surface area contributed by atoms with E-state index < -0.39 is 54.3 Å². The van der Waals surface area contributed by atoms with E-state index in [4.69, 9.17) is 37.9 Å². The van der Waals surface area contributed by atoms with Gasteiger partial charge in [0, 0.05) is 37.8 Å². The highest BCUT2D eigenvalue weighted by Crippen LogP contribution is 2.49. The minimum atomic E-state index is -0.828. The summed E-state index contributed by atoms with van der Waals surface area (Å²) in [5, 5.41) is 44.7. The molecule has 9 heterocycles. The van der Waals surface area contributed by atoms with Crippen molar-refractivity contribution in [2.24, 2.45) is 5.92 Å². The zero-order chi connectivity index (χ0) is 77.3. The Hall–Kier alpha value is -11.7. The van der Waals surface area contributed by atoms with Crippen LogP contribution < -0.4 is 57.9 Å². The minimum Gasteiger partial charge on any atom is -0.450 e. The van der Waals surface area contributed by atoms with Gasteiger partial charge in [-0.05, 0) is 137 Å². The Morgan fingerprint density at radius 3 is 1.23 bits per heavy atom. The van der Waals surface area contributed by atoms with Gasteiger partial charge in [0.1, 0.15) is 38.0 Å². The molecule has 2 amide bonds. The zero-order valence-electron chi connectivity index (χ0n) is 62.2. The van der Waals surface area contributed by atoms with Gasteiger partial charge in [-0.1, -0.05) is 154 Å². The maximum Gasteiger partial charge on any atom is 0.407 e. The van der Waals surface area contributed by atoms with Gasteiger partial charge >= 0.3 is 29.3 Å². The largest absolute Gasteiger partial charge is 0.450 e. The van der Waals surface area contributed by atoms with Crippen LogP contribution in [0.5, 0.6) is 34.5 Å². The van der Waals surface area contributed by atoms with Crippen LogP contribution in [0.3, 0.4) is 0 Å². The van der Waals surface area contributed by atoms with Crippen molar-refractivity contribution in [3.63, 3.8) is 0 Å². The number of aromatic nitrogens is 6. The summed E-state index contributed by atoms with van der Waals surface area (Å²) >= 11 is 0. The molecular weight excluding hydrogens is 1430 g/mol. The Morgan fingerprint density at radius 1 is 0.473 bits per heavy atom. The fraction of sp³-hybridized carbons (Fsp3) is 0.341. The summed E-state index contributed by atoms with van der Waals surface area (Å²) in [6.07, 6.45) is 5.48. The lowest BCUT2D eigenvalue weighted by Gasteiger charge is -2.24. The van der Waals surface area contributed by atoms with E-state index in [9.17, 15) is 39.3 Å². The van der Waals surface area contributed by atoms with Crippen LogP contribution in [-0.4, -0.2) is 120 Å². The number of alkyl carbamates (subject to hydrolysis) is 2. The highest BCUT2D eigenvalue weighted by molar-refractivity contribution is 5.82. The fourth-order valence-electron chi connectivity index (χ4n) is 16.2. The molecule has 18 rings (SSSR count). The number of carbonyl (C=O) groups is 2. The summed E-state index contributed by atoms with van der Waals surface area (Å²) in [5.41, 5.74) is 13.4. The van der Waals surface area contributed by atoms with Gasteiger partial charge in [0.2, 0.25) is 0 Å². The van der Waals surface area contributed by atoms with Gasteiger partial charge in [0.25, 0.3) is 0 Å². The molecule has 2 aliphatic carbocycles. The van der Waals surface area contributed by atoms with Crippen LogP contribution in [-0.2, 0) is 36.5 Å². The molecule has 112 heavy (non-hydrogen) atoms. The van der Waals surface area contributed by atoms with Crippen molar-refractivity contribution in [3.05, 3.63) is 241 Å². The first-order valence-electron chi connectivity index (χ1n) is 38.2. The molecule has 0 radical (unpaired) electrons. The fourth-order valence-corrected chi connectivity index (χ4v) is 16.2. The van der Waals surface area contributed by atoms with Crippen molar-refractivity contribution in [2.75, 3.05) is 48.9 Å². The lowest BCUT2D eigenvalue weighted by molar-refractivity contribution is -0.0459. The zero-order valence-corrected chi connectivity index (χ0v) is 62.2. The predicted octanol–water partition coefficient (Wildman–Crippen LogP) is 13.6. The third kappa shape index (κ3) is 15.1. The maximum atomic E-state index is 12.9. The molecule has 3 fully saturated rings. The SMILES string of the molecule is CCC1OC(n2cc3c(nc2=O)Nc2c(CCCNC(=O)OCC4c5ccccc5-c5ccccc54)cccc2O3)CC1C.CCC1OC(n2cc3c(nc2=O)Nc2c(CCCNC(=O)OCC4c5ccccc5-c5ccccc54)cccc2O3)CC1O.Cc1cccc2c1Nc1nc(=O)n(C3CC(O)C(CO)O3)cc1O2. The molecule has 3 saturated heterocycles. The molecule has 0 saturated carbocycles. The number of fused-ring (bicyclic) bond motifs is 12. The number of amides is 2. The van der Waals surface area contributed by atoms with Gasteiger partial charge in [-0.25, -0.2) is 24.0 Å². The number of ether oxygens (including phenoxy) is 8. The van der Waals surface area contributed by atoms with E-state index in [1.807, 2.05) is 117 Å². The highest BCUT2D eigenvalue weighted by atomic mass is 16.6. The Labute approximate surface area is 644 Å². The first-order valence-corrected chi connectivity index (χ1v) is 38.2. The monoisotopic (exact) mass is 1520 g/mol. The first kappa shape index (κ1) is 74.4. The van der Waals surface area contributed by atoms with E-state index in [1.165, 1.54) is 64.4 Å². The topological polar surface area (TPSA) is 333 Å². The first-order chi connectivity index (χ1) is 54.6. The van der Waals surface area contributed by atoms with Gasteiger partial charge in [-0.2, -0.15) is 15.0 Å². The number of aliphatic hydroxyl groups excluding tert-OH is 3. The lowest BCUT2D eigenvalue weighted by atomic mass is 9.98. The van der Waals surface area contributed by atoms with Gasteiger partial charge < -0.3 is 79.8 Å². The van der Waals surface area contributed by atoms with Gasteiger partial charge in [-0.3, -0.25) is 13.7 Å². The van der Waals surface area contributed by atoms with Crippen molar-refractivity contribution >= 4 is 46.7 Å². The second kappa shape index (κ2) is 32.3. The molecule has 8 aliphatic rings. The van der Waals surface area contributed by atoms with Crippen LogP contribution >= 0.6 is 0 Å². The van der Waals surface area contributed by atoms with E-state index in [2.05, 4.69) is 104 Å². The second-order valence-corrected chi connectivity index (χ2v) is 29.1. The third-order valence-electron chi connectivity index (χ3n) is 21.9. The van der Waals surface area contributed by atoms with Crippen LogP contribution in [0.25, 0.3) is 22.3 Å². The molecule has 6 aliphatic heterocycles. The maximum absolute atomic E-state index is 12.9. The number of nitrogens with one attached hydrogen (secondary N) is 5. The minimum absolute atomic E-state index is 0.0150. The van der Waals surface area contributed by atoms with Crippen molar-refractivity contribution in [1.29, 1.82) is 0 Å². The van der Waals surface area contributed by atoms with Crippen LogP contribution in [0.4, 0.5) is 44.1 Å². The Kier molecular flexibility index (Phi) is 21.5. The molecule has 27 nitrogen and oxygen atoms in total. The molecule has 27 heteroatoms. The number of para-hydroxylation sites is 3. The number of nitrogens with zero attached hydrogens (tertiary/aromatic N) is 6. The summed E-state index contributed by atoms with van der Waals surface area (Å²) in [7, 11) is 0. The molecule has 9 atom stereocenters. The quantitative estimate of drug-likeness (QED) is 0.0370. The number of hydrogen-bond donors (Lipinski definition) is 8. The normalized spacial score (nSPS) is 20.7. The smallest absolute Gasteiger partial charge is 0.407 e. The number of aliphatic hydroxyl groups is 3. The number of carbonyl (C=O) groups excluding carboxylic acids is 2. The van der Waals surface area contributed by atoms with E-state index in [-0.39, 0.29) is 62.2 Å². The number of benzene rings is 7. The van der Waals surface area contributed by atoms with E-state index >= 15 is 0 Å². The Balaban J connectivity index is 0.000000133.